The van der Waals surface area contributed by atoms with E-state index in [1.807, 2.05) is 31.3 Å². The van der Waals surface area contributed by atoms with Crippen molar-refractivity contribution in [3.8, 4) is 0 Å². The van der Waals surface area contributed by atoms with Crippen LogP contribution in [0.3, 0.4) is 0 Å². The SMILES string of the molecule is Cc1cc(C(N)=S)cc(NCCc2cccnc2)n1. The third-order valence-electron chi connectivity index (χ3n) is 2.68. The average molecular weight is 272 g/mol. The first-order valence-electron chi connectivity index (χ1n) is 6.06. The molecule has 4 nitrogen and oxygen atoms in total. The van der Waals surface area contributed by atoms with Gasteiger partial charge in [0.05, 0.1) is 0 Å². The molecular formula is C14H16N4S. The van der Waals surface area contributed by atoms with Gasteiger partial charge in [0, 0.05) is 30.2 Å². The molecule has 0 unspecified atom stereocenters. The van der Waals surface area contributed by atoms with Gasteiger partial charge in [0.15, 0.2) is 0 Å². The van der Waals surface area contributed by atoms with Gasteiger partial charge in [-0.05, 0) is 37.1 Å². The summed E-state index contributed by atoms with van der Waals surface area (Å²) in [5, 5.41) is 3.28. The number of hydrogen-bond donors (Lipinski definition) is 2. The Morgan fingerprint density at radius 2 is 2.26 bits per heavy atom. The van der Waals surface area contributed by atoms with Gasteiger partial charge in [0.2, 0.25) is 0 Å². The Bertz CT molecular complexity index is 569. The van der Waals surface area contributed by atoms with Gasteiger partial charge in [-0.1, -0.05) is 18.3 Å². The molecule has 2 aromatic rings. The van der Waals surface area contributed by atoms with Gasteiger partial charge in [-0.25, -0.2) is 4.98 Å². The fourth-order valence-corrected chi connectivity index (χ4v) is 1.90. The fraction of sp³-hybridized carbons (Fsp3) is 0.214. The molecule has 0 fully saturated rings. The standard InChI is InChI=1S/C14H16N4S/c1-10-7-12(14(15)19)8-13(18-10)17-6-4-11-3-2-5-16-9-11/h2-3,5,7-9H,4,6H2,1H3,(H2,15,19)(H,17,18). The topological polar surface area (TPSA) is 63.8 Å². The van der Waals surface area contributed by atoms with Crippen LogP contribution in [0.1, 0.15) is 16.8 Å². The molecule has 0 aliphatic heterocycles. The van der Waals surface area contributed by atoms with E-state index in [1.165, 1.54) is 5.56 Å². The second-order valence-electron chi connectivity index (χ2n) is 4.28. The van der Waals surface area contributed by atoms with Gasteiger partial charge < -0.3 is 11.1 Å². The van der Waals surface area contributed by atoms with E-state index in [4.69, 9.17) is 18.0 Å². The summed E-state index contributed by atoms with van der Waals surface area (Å²) in [7, 11) is 0. The molecule has 5 heteroatoms. The lowest BCUT2D eigenvalue weighted by molar-refractivity contribution is 0.989. The first-order valence-corrected chi connectivity index (χ1v) is 6.47. The van der Waals surface area contributed by atoms with Crippen molar-refractivity contribution in [1.29, 1.82) is 0 Å². The lowest BCUT2D eigenvalue weighted by Gasteiger charge is -2.08. The van der Waals surface area contributed by atoms with Gasteiger partial charge in [-0.2, -0.15) is 0 Å². The van der Waals surface area contributed by atoms with E-state index < -0.39 is 0 Å². The minimum absolute atomic E-state index is 0.390. The zero-order valence-electron chi connectivity index (χ0n) is 10.8. The molecule has 2 rings (SSSR count). The molecule has 0 aliphatic carbocycles. The number of aryl methyl sites for hydroxylation is 1. The maximum Gasteiger partial charge on any atom is 0.126 e. The second kappa shape index (κ2) is 6.24. The number of nitrogens with two attached hydrogens (primary N) is 1. The number of nitrogens with zero attached hydrogens (tertiary/aromatic N) is 2. The Morgan fingerprint density at radius 1 is 1.42 bits per heavy atom. The molecule has 0 bridgehead atoms. The molecular weight excluding hydrogens is 256 g/mol. The highest BCUT2D eigenvalue weighted by Crippen LogP contribution is 2.10. The normalized spacial score (nSPS) is 10.2. The second-order valence-corrected chi connectivity index (χ2v) is 4.72. The van der Waals surface area contributed by atoms with Crippen molar-refractivity contribution in [2.45, 2.75) is 13.3 Å². The number of nitrogens with one attached hydrogen (secondary N) is 1. The predicted octanol–water partition coefficient (Wildman–Crippen LogP) is 2.07. The van der Waals surface area contributed by atoms with Crippen molar-refractivity contribution >= 4 is 23.0 Å². The molecule has 3 N–H and O–H groups in total. The molecule has 19 heavy (non-hydrogen) atoms. The van der Waals surface area contributed by atoms with Crippen LogP contribution in [-0.4, -0.2) is 21.5 Å². The van der Waals surface area contributed by atoms with E-state index in [0.29, 0.717) is 4.99 Å². The summed E-state index contributed by atoms with van der Waals surface area (Å²) in [5.41, 5.74) is 8.57. The maximum absolute atomic E-state index is 5.64. The average Bonchev–Trinajstić information content (AvgIpc) is 2.39. The summed E-state index contributed by atoms with van der Waals surface area (Å²) < 4.78 is 0. The number of aromatic nitrogens is 2. The first kappa shape index (κ1) is 13.4. The molecule has 0 aromatic carbocycles. The van der Waals surface area contributed by atoms with E-state index in [2.05, 4.69) is 21.4 Å². The van der Waals surface area contributed by atoms with Crippen molar-refractivity contribution in [1.82, 2.24) is 9.97 Å². The Balaban J connectivity index is 1.98. The smallest absolute Gasteiger partial charge is 0.126 e. The van der Waals surface area contributed by atoms with Crippen LogP contribution >= 0.6 is 12.2 Å². The summed E-state index contributed by atoms with van der Waals surface area (Å²) in [6.07, 6.45) is 4.53. The van der Waals surface area contributed by atoms with Crippen molar-refractivity contribution < 1.29 is 0 Å². The van der Waals surface area contributed by atoms with Crippen LogP contribution in [0, 0.1) is 6.92 Å². The van der Waals surface area contributed by atoms with Crippen molar-refractivity contribution in [2.24, 2.45) is 5.73 Å². The van der Waals surface area contributed by atoms with Crippen molar-refractivity contribution in [3.63, 3.8) is 0 Å². The predicted molar refractivity (Wildman–Crippen MR) is 81.3 cm³/mol. The van der Waals surface area contributed by atoms with Crippen LogP contribution in [0.5, 0.6) is 0 Å². The summed E-state index contributed by atoms with van der Waals surface area (Å²) >= 11 is 4.98. The molecule has 98 valence electrons. The quantitative estimate of drug-likeness (QED) is 0.816. The third kappa shape index (κ3) is 3.99. The number of anilines is 1. The van der Waals surface area contributed by atoms with Gasteiger partial charge in [-0.3, -0.25) is 4.98 Å². The van der Waals surface area contributed by atoms with E-state index in [9.17, 15) is 0 Å². The fourth-order valence-electron chi connectivity index (χ4n) is 1.78. The van der Waals surface area contributed by atoms with Gasteiger partial charge in [0.25, 0.3) is 0 Å². The van der Waals surface area contributed by atoms with Crippen LogP contribution in [0.2, 0.25) is 0 Å². The zero-order valence-corrected chi connectivity index (χ0v) is 11.6. The largest absolute Gasteiger partial charge is 0.389 e. The molecule has 0 atom stereocenters. The minimum Gasteiger partial charge on any atom is -0.389 e. The first-order chi connectivity index (χ1) is 9.15. The van der Waals surface area contributed by atoms with Gasteiger partial charge in [0.1, 0.15) is 10.8 Å². The summed E-state index contributed by atoms with van der Waals surface area (Å²) in [5.74, 6) is 0.798. The molecule has 2 aromatic heterocycles. The van der Waals surface area contributed by atoms with Gasteiger partial charge >= 0.3 is 0 Å². The summed E-state index contributed by atoms with van der Waals surface area (Å²) in [6.45, 7) is 2.72. The molecule has 0 saturated heterocycles. The molecule has 0 aliphatic rings. The molecule has 0 saturated carbocycles. The number of pyridine rings is 2. The van der Waals surface area contributed by atoms with Crippen LogP contribution in [-0.2, 0) is 6.42 Å². The van der Waals surface area contributed by atoms with Crippen LogP contribution in [0.15, 0.2) is 36.7 Å². The Kier molecular flexibility index (Phi) is 4.41. The Labute approximate surface area is 118 Å². The lowest BCUT2D eigenvalue weighted by atomic mass is 10.2. The number of hydrogen-bond acceptors (Lipinski definition) is 4. The van der Waals surface area contributed by atoms with Gasteiger partial charge in [-0.15, -0.1) is 0 Å². The monoisotopic (exact) mass is 272 g/mol. The Hall–Kier alpha value is -2.01. The van der Waals surface area contributed by atoms with E-state index in [1.54, 1.807) is 6.20 Å². The van der Waals surface area contributed by atoms with E-state index in [0.717, 1.165) is 30.0 Å². The lowest BCUT2D eigenvalue weighted by Crippen LogP contribution is -2.12. The van der Waals surface area contributed by atoms with E-state index in [-0.39, 0.29) is 0 Å². The molecule has 0 amide bonds. The number of thiocarbonyl (C=S) groups is 1. The highest BCUT2D eigenvalue weighted by atomic mass is 32.1. The summed E-state index contributed by atoms with van der Waals surface area (Å²) in [4.78, 5) is 8.88. The molecule has 2 heterocycles. The zero-order chi connectivity index (χ0) is 13.7. The maximum atomic E-state index is 5.64. The Morgan fingerprint density at radius 3 is 2.95 bits per heavy atom. The highest BCUT2D eigenvalue weighted by Gasteiger charge is 2.02. The van der Waals surface area contributed by atoms with Crippen LogP contribution in [0.25, 0.3) is 0 Å². The molecule has 0 spiro atoms. The van der Waals surface area contributed by atoms with Crippen molar-refractivity contribution in [2.75, 3.05) is 11.9 Å². The van der Waals surface area contributed by atoms with Crippen LogP contribution in [0.4, 0.5) is 5.82 Å². The number of rotatable bonds is 5. The van der Waals surface area contributed by atoms with E-state index >= 15 is 0 Å². The minimum atomic E-state index is 0.390. The third-order valence-corrected chi connectivity index (χ3v) is 2.92. The van der Waals surface area contributed by atoms with Crippen molar-refractivity contribution in [3.05, 3.63) is 53.5 Å². The summed E-state index contributed by atoms with van der Waals surface area (Å²) in [6, 6.07) is 7.75. The van der Waals surface area contributed by atoms with Crippen LogP contribution < -0.4 is 11.1 Å². The highest BCUT2D eigenvalue weighted by molar-refractivity contribution is 7.80. The molecule has 0 radical (unpaired) electrons.